The Morgan fingerprint density at radius 1 is 1.03 bits per heavy atom. The van der Waals surface area contributed by atoms with E-state index in [9.17, 15) is 5.26 Å². The highest BCUT2D eigenvalue weighted by Gasteiger charge is 2.12. The quantitative estimate of drug-likeness (QED) is 0.283. The number of nitrogens with zero attached hydrogens (tertiary/aromatic N) is 3. The average molecular weight is 432 g/mol. The summed E-state index contributed by atoms with van der Waals surface area (Å²) < 4.78 is 3.15. The molecule has 7 heteroatoms. The van der Waals surface area contributed by atoms with Gasteiger partial charge in [0.05, 0.1) is 22.5 Å². The van der Waals surface area contributed by atoms with Gasteiger partial charge in [-0.05, 0) is 29.3 Å². The van der Waals surface area contributed by atoms with Gasteiger partial charge >= 0.3 is 0 Å². The maximum atomic E-state index is 9.62. The Morgan fingerprint density at radius 3 is 2.63 bits per heavy atom. The Kier molecular flexibility index (Phi) is 6.03. The number of rotatable bonds is 6. The minimum atomic E-state index is 0.424. The van der Waals surface area contributed by atoms with Gasteiger partial charge in [-0.25, -0.2) is 4.98 Å². The predicted molar refractivity (Wildman–Crippen MR) is 126 cm³/mol. The summed E-state index contributed by atoms with van der Waals surface area (Å²) in [5, 5.41) is 14.4. The zero-order valence-corrected chi connectivity index (χ0v) is 17.8. The van der Waals surface area contributed by atoms with Gasteiger partial charge in [0, 0.05) is 36.1 Å². The Morgan fingerprint density at radius 2 is 1.87 bits per heavy atom. The van der Waals surface area contributed by atoms with E-state index in [0.29, 0.717) is 17.3 Å². The normalized spacial score (nSPS) is 10.6. The van der Waals surface area contributed by atoms with Crippen LogP contribution in [0.5, 0.6) is 0 Å². The summed E-state index contributed by atoms with van der Waals surface area (Å²) in [6.45, 7) is 0.614. The van der Waals surface area contributed by atoms with Gasteiger partial charge in [0.1, 0.15) is 6.07 Å². The molecule has 2 aromatic carbocycles. The topological polar surface area (TPSA) is 73.6 Å². The average Bonchev–Trinajstić information content (AvgIpc) is 2.79. The van der Waals surface area contributed by atoms with E-state index in [1.54, 1.807) is 12.4 Å². The molecule has 30 heavy (non-hydrogen) atoms. The van der Waals surface area contributed by atoms with Crippen LogP contribution < -0.4 is 10.0 Å². The Labute approximate surface area is 184 Å². The molecule has 0 unspecified atom stereocenters. The predicted octanol–water partition coefficient (Wildman–Crippen LogP) is 6.12. The first-order valence-electron chi connectivity index (χ1n) is 9.25. The van der Waals surface area contributed by atoms with Crippen LogP contribution in [0.15, 0.2) is 67.0 Å². The lowest BCUT2D eigenvalue weighted by Gasteiger charge is -2.13. The molecule has 0 saturated heterocycles. The number of nitriles is 1. The van der Waals surface area contributed by atoms with Gasteiger partial charge in [0.2, 0.25) is 0 Å². The highest BCUT2D eigenvalue weighted by atomic mass is 35.5. The van der Waals surface area contributed by atoms with Crippen LogP contribution in [-0.4, -0.2) is 16.2 Å². The van der Waals surface area contributed by atoms with Gasteiger partial charge in [-0.15, -0.1) is 0 Å². The molecule has 0 aliphatic rings. The summed E-state index contributed by atoms with van der Waals surface area (Å²) in [5.74, 6) is 0. The lowest BCUT2D eigenvalue weighted by Crippen LogP contribution is -2.03. The molecule has 0 aliphatic carbocycles. The molecule has 0 atom stereocenters. The van der Waals surface area contributed by atoms with E-state index in [2.05, 4.69) is 26.1 Å². The molecule has 4 aromatic rings. The van der Waals surface area contributed by atoms with Gasteiger partial charge in [-0.3, -0.25) is 4.98 Å². The van der Waals surface area contributed by atoms with Crippen molar-refractivity contribution in [1.29, 1.82) is 5.26 Å². The maximum absolute atomic E-state index is 9.62. The monoisotopic (exact) mass is 431 g/mol. The Hall–Kier alpha value is -3.27. The molecular formula is C23H18ClN5S. The van der Waals surface area contributed by atoms with E-state index >= 15 is 0 Å². The largest absolute Gasteiger partial charge is 0.379 e. The van der Waals surface area contributed by atoms with Gasteiger partial charge in [-0.2, -0.15) is 5.26 Å². The lowest BCUT2D eigenvalue weighted by molar-refractivity contribution is 1.15. The van der Waals surface area contributed by atoms with Crippen molar-refractivity contribution in [3.8, 4) is 17.2 Å². The summed E-state index contributed by atoms with van der Waals surface area (Å²) in [6.07, 6.45) is 5.28. The fourth-order valence-electron chi connectivity index (χ4n) is 3.22. The lowest BCUT2D eigenvalue weighted by atomic mass is 10.0. The number of hydrogen-bond acceptors (Lipinski definition) is 6. The zero-order chi connectivity index (χ0) is 20.9. The number of halogens is 1. The van der Waals surface area contributed by atoms with Gasteiger partial charge in [-0.1, -0.05) is 59.9 Å². The van der Waals surface area contributed by atoms with Crippen molar-refractivity contribution < 1.29 is 0 Å². The molecular weight excluding hydrogens is 414 g/mol. The van der Waals surface area contributed by atoms with Crippen LogP contribution in [0.4, 0.5) is 11.4 Å². The second-order valence-electron chi connectivity index (χ2n) is 6.60. The molecule has 0 spiro atoms. The highest BCUT2D eigenvalue weighted by molar-refractivity contribution is 7.99. The molecule has 0 aliphatic heterocycles. The fraction of sp³-hybridized carbons (Fsp3) is 0.0870. The minimum Gasteiger partial charge on any atom is -0.379 e. The number of anilines is 2. The van der Waals surface area contributed by atoms with Crippen molar-refractivity contribution in [1.82, 2.24) is 9.97 Å². The minimum absolute atomic E-state index is 0.424. The fourth-order valence-corrected chi connectivity index (χ4v) is 3.80. The molecule has 0 fully saturated rings. The second kappa shape index (κ2) is 9.04. The van der Waals surface area contributed by atoms with Crippen molar-refractivity contribution in [2.75, 3.05) is 16.3 Å². The van der Waals surface area contributed by atoms with Crippen molar-refractivity contribution in [3.63, 3.8) is 0 Å². The summed E-state index contributed by atoms with van der Waals surface area (Å²) >= 11 is 7.64. The Bertz CT molecular complexity index is 1240. The number of hydrogen-bond donors (Lipinski definition) is 2. The molecule has 5 nitrogen and oxygen atoms in total. The number of benzene rings is 2. The van der Waals surface area contributed by atoms with Crippen LogP contribution in [0.1, 0.15) is 11.1 Å². The SMILES string of the molecule is CSNc1cc(-c2ccc3ncc(C#N)c(NCc4ccccc4)c3c2)cnc1Cl. The number of pyridine rings is 2. The van der Waals surface area contributed by atoms with Crippen LogP contribution in [0.25, 0.3) is 22.0 Å². The summed E-state index contributed by atoms with van der Waals surface area (Å²) in [4.78, 5) is 8.74. The van der Waals surface area contributed by atoms with Crippen molar-refractivity contribution in [2.24, 2.45) is 0 Å². The molecule has 0 saturated carbocycles. The molecule has 0 radical (unpaired) electrons. The van der Waals surface area contributed by atoms with Crippen LogP contribution in [0, 0.1) is 11.3 Å². The Balaban J connectivity index is 1.77. The van der Waals surface area contributed by atoms with Gasteiger partial charge < -0.3 is 10.0 Å². The molecule has 2 aromatic heterocycles. The molecule has 0 bridgehead atoms. The maximum Gasteiger partial charge on any atom is 0.152 e. The molecule has 4 rings (SSSR count). The number of nitrogens with one attached hydrogen (secondary N) is 2. The smallest absolute Gasteiger partial charge is 0.152 e. The van der Waals surface area contributed by atoms with Crippen LogP contribution in [0.3, 0.4) is 0 Å². The molecule has 2 heterocycles. The van der Waals surface area contributed by atoms with Gasteiger partial charge in [0.15, 0.2) is 5.15 Å². The van der Waals surface area contributed by atoms with Crippen LogP contribution in [-0.2, 0) is 6.54 Å². The van der Waals surface area contributed by atoms with Crippen LogP contribution >= 0.6 is 23.5 Å². The molecule has 148 valence electrons. The molecule has 0 amide bonds. The first kappa shape index (κ1) is 20.0. The molecule has 2 N–H and O–H groups in total. The second-order valence-corrected chi connectivity index (χ2v) is 7.57. The highest BCUT2D eigenvalue weighted by Crippen LogP contribution is 2.33. The van der Waals surface area contributed by atoms with E-state index in [4.69, 9.17) is 11.6 Å². The van der Waals surface area contributed by atoms with E-state index in [0.717, 1.165) is 39.0 Å². The van der Waals surface area contributed by atoms with E-state index in [1.807, 2.05) is 60.9 Å². The summed E-state index contributed by atoms with van der Waals surface area (Å²) in [6, 6.07) is 20.3. The van der Waals surface area contributed by atoms with Gasteiger partial charge in [0.25, 0.3) is 0 Å². The summed E-state index contributed by atoms with van der Waals surface area (Å²) in [7, 11) is 0. The van der Waals surface area contributed by atoms with Crippen molar-refractivity contribution in [2.45, 2.75) is 6.54 Å². The van der Waals surface area contributed by atoms with E-state index in [-0.39, 0.29) is 0 Å². The van der Waals surface area contributed by atoms with E-state index in [1.165, 1.54) is 11.9 Å². The third kappa shape index (κ3) is 4.18. The first-order chi connectivity index (χ1) is 14.7. The van der Waals surface area contributed by atoms with Crippen molar-refractivity contribution >= 4 is 45.8 Å². The van der Waals surface area contributed by atoms with E-state index < -0.39 is 0 Å². The van der Waals surface area contributed by atoms with Crippen LogP contribution in [0.2, 0.25) is 5.15 Å². The number of aromatic nitrogens is 2. The number of fused-ring (bicyclic) bond motifs is 1. The zero-order valence-electron chi connectivity index (χ0n) is 16.2. The third-order valence-corrected chi connectivity index (χ3v) is 5.41. The third-order valence-electron chi connectivity index (χ3n) is 4.68. The van der Waals surface area contributed by atoms with Crippen molar-refractivity contribution in [3.05, 3.63) is 83.3 Å². The summed E-state index contributed by atoms with van der Waals surface area (Å²) in [5.41, 5.74) is 5.89. The standard InChI is InChI=1S/C23H18ClN5S/c1-30-29-21-10-17(13-28-23(21)24)16-7-8-20-19(9-16)22(18(11-25)14-26-20)27-12-15-5-3-2-4-6-15/h2-10,13-14,29H,12H2,1H3,(H,26,27). The first-order valence-corrected chi connectivity index (χ1v) is 10.9.